The molecule has 1 unspecified atom stereocenters. The van der Waals surface area contributed by atoms with Crippen LogP contribution in [0.4, 0.5) is 0 Å². The van der Waals surface area contributed by atoms with E-state index in [1.54, 1.807) is 4.90 Å². The molecule has 0 bridgehead atoms. The molecule has 1 heterocycles. The van der Waals surface area contributed by atoms with E-state index in [9.17, 15) is 9.59 Å². The molecule has 0 spiro atoms. The van der Waals surface area contributed by atoms with Gasteiger partial charge < -0.3 is 19.5 Å². The standard InChI is InChI=1S/C18H25NO5/c1-18(2,3)14-6-4-5-7-15(14)24-12-16(20)19-8-9-23-13(11-19)10-17(21)22/h4-7,13H,8-12H2,1-3H3,(H,21,22). The van der Waals surface area contributed by atoms with Crippen molar-refractivity contribution in [1.29, 1.82) is 0 Å². The highest BCUT2D eigenvalue weighted by atomic mass is 16.5. The van der Waals surface area contributed by atoms with Gasteiger partial charge >= 0.3 is 5.97 Å². The second-order valence-corrected chi connectivity index (χ2v) is 6.97. The maximum absolute atomic E-state index is 12.4. The Bertz CT molecular complexity index is 593. The lowest BCUT2D eigenvalue weighted by molar-refractivity contribution is -0.148. The summed E-state index contributed by atoms with van der Waals surface area (Å²) >= 11 is 0. The first-order valence-corrected chi connectivity index (χ1v) is 8.11. The van der Waals surface area contributed by atoms with E-state index in [4.69, 9.17) is 14.6 Å². The number of carboxylic acids is 1. The molecule has 0 saturated carbocycles. The molecule has 1 aliphatic heterocycles. The molecule has 1 atom stereocenters. The number of para-hydroxylation sites is 1. The Labute approximate surface area is 142 Å². The number of hydrogen-bond acceptors (Lipinski definition) is 4. The van der Waals surface area contributed by atoms with Gasteiger partial charge in [-0.15, -0.1) is 0 Å². The van der Waals surface area contributed by atoms with Crippen molar-refractivity contribution in [2.75, 3.05) is 26.3 Å². The van der Waals surface area contributed by atoms with Gasteiger partial charge in [-0.05, 0) is 17.0 Å². The molecule has 132 valence electrons. The van der Waals surface area contributed by atoms with Crippen LogP contribution in [0, 0.1) is 0 Å². The Balaban J connectivity index is 1.95. The normalized spacial score (nSPS) is 18.3. The molecule has 6 nitrogen and oxygen atoms in total. The monoisotopic (exact) mass is 335 g/mol. The Morgan fingerprint density at radius 2 is 2.04 bits per heavy atom. The largest absolute Gasteiger partial charge is 0.483 e. The average Bonchev–Trinajstić information content (AvgIpc) is 2.51. The summed E-state index contributed by atoms with van der Waals surface area (Å²) in [7, 11) is 0. The summed E-state index contributed by atoms with van der Waals surface area (Å²) in [5, 5.41) is 8.84. The molecule has 1 aliphatic rings. The molecule has 2 rings (SSSR count). The first kappa shape index (κ1) is 18.3. The predicted octanol–water partition coefficient (Wildman–Crippen LogP) is 2.06. The van der Waals surface area contributed by atoms with Crippen LogP contribution in [-0.2, 0) is 19.7 Å². The minimum Gasteiger partial charge on any atom is -0.483 e. The van der Waals surface area contributed by atoms with E-state index in [0.717, 1.165) is 5.56 Å². The van der Waals surface area contributed by atoms with E-state index in [2.05, 4.69) is 20.8 Å². The molecule has 24 heavy (non-hydrogen) atoms. The van der Waals surface area contributed by atoms with E-state index in [0.29, 0.717) is 18.9 Å². The minimum absolute atomic E-state index is 0.0626. The SMILES string of the molecule is CC(C)(C)c1ccccc1OCC(=O)N1CCOC(CC(=O)O)C1. The number of aliphatic carboxylic acids is 1. The van der Waals surface area contributed by atoms with Crippen molar-refractivity contribution in [3.63, 3.8) is 0 Å². The summed E-state index contributed by atoms with van der Waals surface area (Å²) < 4.78 is 11.1. The van der Waals surface area contributed by atoms with Crippen LogP contribution >= 0.6 is 0 Å². The summed E-state index contributed by atoms with van der Waals surface area (Å²) in [6.07, 6.45) is -0.556. The highest BCUT2D eigenvalue weighted by Gasteiger charge is 2.26. The fraction of sp³-hybridized carbons (Fsp3) is 0.556. The molecule has 1 fully saturated rings. The zero-order valence-corrected chi connectivity index (χ0v) is 14.4. The van der Waals surface area contributed by atoms with Crippen molar-refractivity contribution in [2.24, 2.45) is 0 Å². The second kappa shape index (κ2) is 7.66. The third kappa shape index (κ3) is 4.96. The number of amides is 1. The van der Waals surface area contributed by atoms with Crippen molar-refractivity contribution in [3.05, 3.63) is 29.8 Å². The lowest BCUT2D eigenvalue weighted by Gasteiger charge is -2.32. The smallest absolute Gasteiger partial charge is 0.306 e. The van der Waals surface area contributed by atoms with Crippen molar-refractivity contribution >= 4 is 11.9 Å². The van der Waals surface area contributed by atoms with E-state index >= 15 is 0 Å². The zero-order valence-electron chi connectivity index (χ0n) is 14.4. The van der Waals surface area contributed by atoms with E-state index < -0.39 is 12.1 Å². The van der Waals surface area contributed by atoms with Crippen LogP contribution in [0.1, 0.15) is 32.8 Å². The summed E-state index contributed by atoms with van der Waals surface area (Å²) in [5.74, 6) is -0.379. The first-order valence-electron chi connectivity index (χ1n) is 8.11. The van der Waals surface area contributed by atoms with Crippen LogP contribution in [0.3, 0.4) is 0 Å². The number of carbonyl (C=O) groups is 2. The number of nitrogens with zero attached hydrogens (tertiary/aromatic N) is 1. The van der Waals surface area contributed by atoms with Gasteiger partial charge in [0.15, 0.2) is 6.61 Å². The van der Waals surface area contributed by atoms with Crippen LogP contribution in [0.15, 0.2) is 24.3 Å². The number of morpholine rings is 1. The number of carboxylic acid groups (broad SMARTS) is 1. The summed E-state index contributed by atoms with van der Waals surface area (Å²) in [5.41, 5.74) is 0.967. The van der Waals surface area contributed by atoms with Gasteiger partial charge in [-0.3, -0.25) is 9.59 Å². The quantitative estimate of drug-likeness (QED) is 0.891. The molecule has 1 N–H and O–H groups in total. The summed E-state index contributed by atoms with van der Waals surface area (Å²) in [6, 6.07) is 7.69. The maximum atomic E-state index is 12.4. The number of rotatable bonds is 5. The molecule has 6 heteroatoms. The van der Waals surface area contributed by atoms with Crippen molar-refractivity contribution in [2.45, 2.75) is 38.7 Å². The van der Waals surface area contributed by atoms with Crippen molar-refractivity contribution in [1.82, 2.24) is 4.90 Å². The lowest BCUT2D eigenvalue weighted by atomic mass is 9.86. The topological polar surface area (TPSA) is 76.1 Å². The third-order valence-corrected chi connectivity index (χ3v) is 3.94. The second-order valence-electron chi connectivity index (χ2n) is 6.97. The summed E-state index contributed by atoms with van der Waals surface area (Å²) in [4.78, 5) is 24.7. The molecule has 1 aromatic carbocycles. The van der Waals surface area contributed by atoms with Crippen molar-refractivity contribution in [3.8, 4) is 5.75 Å². The van der Waals surface area contributed by atoms with E-state index in [1.807, 2.05) is 24.3 Å². The maximum Gasteiger partial charge on any atom is 0.306 e. The molecule has 0 aliphatic carbocycles. The van der Waals surface area contributed by atoms with Crippen LogP contribution in [0.25, 0.3) is 0 Å². The van der Waals surface area contributed by atoms with E-state index in [1.165, 1.54) is 0 Å². The van der Waals surface area contributed by atoms with Gasteiger partial charge in [0.1, 0.15) is 5.75 Å². The predicted molar refractivity (Wildman–Crippen MR) is 89.2 cm³/mol. The Kier molecular flexibility index (Phi) is 5.83. The van der Waals surface area contributed by atoms with Gasteiger partial charge in [0.25, 0.3) is 5.91 Å². The van der Waals surface area contributed by atoms with Gasteiger partial charge in [0.2, 0.25) is 0 Å². The molecule has 1 amide bonds. The Morgan fingerprint density at radius 3 is 2.71 bits per heavy atom. The highest BCUT2D eigenvalue weighted by Crippen LogP contribution is 2.30. The minimum atomic E-state index is -0.926. The fourth-order valence-electron chi connectivity index (χ4n) is 2.71. The van der Waals surface area contributed by atoms with Gasteiger partial charge in [0, 0.05) is 13.1 Å². The molecule has 0 radical (unpaired) electrons. The number of hydrogen-bond donors (Lipinski definition) is 1. The molecule has 0 aromatic heterocycles. The molecular weight excluding hydrogens is 310 g/mol. The van der Waals surface area contributed by atoms with Crippen LogP contribution in [0.5, 0.6) is 5.75 Å². The highest BCUT2D eigenvalue weighted by molar-refractivity contribution is 5.78. The molecule has 1 saturated heterocycles. The van der Waals surface area contributed by atoms with Crippen LogP contribution < -0.4 is 4.74 Å². The lowest BCUT2D eigenvalue weighted by Crippen LogP contribution is -2.47. The Morgan fingerprint density at radius 1 is 1.33 bits per heavy atom. The third-order valence-electron chi connectivity index (χ3n) is 3.94. The fourth-order valence-corrected chi connectivity index (χ4v) is 2.71. The van der Waals surface area contributed by atoms with Gasteiger partial charge in [0.05, 0.1) is 19.1 Å². The van der Waals surface area contributed by atoms with Gasteiger partial charge in [-0.25, -0.2) is 0 Å². The number of carbonyl (C=O) groups excluding carboxylic acids is 1. The molecular formula is C18H25NO5. The number of benzene rings is 1. The van der Waals surface area contributed by atoms with E-state index in [-0.39, 0.29) is 30.9 Å². The van der Waals surface area contributed by atoms with Crippen molar-refractivity contribution < 1.29 is 24.2 Å². The van der Waals surface area contributed by atoms with Gasteiger partial charge in [-0.1, -0.05) is 39.0 Å². The number of ether oxygens (including phenoxy) is 2. The average molecular weight is 335 g/mol. The first-order chi connectivity index (χ1) is 11.3. The Hall–Kier alpha value is -2.08. The van der Waals surface area contributed by atoms with Gasteiger partial charge in [-0.2, -0.15) is 0 Å². The molecule has 1 aromatic rings. The zero-order chi connectivity index (χ0) is 17.7. The van der Waals surface area contributed by atoms with Crippen LogP contribution in [0.2, 0.25) is 0 Å². The summed E-state index contributed by atoms with van der Waals surface area (Å²) in [6.45, 7) is 7.31. The van der Waals surface area contributed by atoms with Crippen LogP contribution in [-0.4, -0.2) is 54.3 Å².